The Morgan fingerprint density at radius 1 is 1.07 bits per heavy atom. The SMILES string of the molecule is CCN1C(=O)c2ccccc2C1=O.I. The van der Waals surface area contributed by atoms with Crippen LogP contribution in [0.15, 0.2) is 24.3 Å². The van der Waals surface area contributed by atoms with Gasteiger partial charge in [-0.25, -0.2) is 0 Å². The summed E-state index contributed by atoms with van der Waals surface area (Å²) in [4.78, 5) is 24.3. The van der Waals surface area contributed by atoms with Crippen molar-refractivity contribution in [2.75, 3.05) is 6.54 Å². The first-order valence-electron chi connectivity index (χ1n) is 4.21. The number of amides is 2. The molecule has 0 saturated carbocycles. The largest absolute Gasteiger partial charge is 0.275 e. The molecule has 1 aliphatic heterocycles. The molecule has 2 rings (SSSR count). The Morgan fingerprint density at radius 2 is 1.50 bits per heavy atom. The van der Waals surface area contributed by atoms with Gasteiger partial charge in [-0.05, 0) is 19.1 Å². The van der Waals surface area contributed by atoms with Crippen molar-refractivity contribution in [1.29, 1.82) is 0 Å². The summed E-state index contributed by atoms with van der Waals surface area (Å²) in [6, 6.07) is 6.91. The predicted molar refractivity (Wildman–Crippen MR) is 62.9 cm³/mol. The van der Waals surface area contributed by atoms with Crippen molar-refractivity contribution in [3.63, 3.8) is 0 Å². The third-order valence-corrected chi connectivity index (χ3v) is 2.19. The topological polar surface area (TPSA) is 37.4 Å². The summed E-state index contributed by atoms with van der Waals surface area (Å²) >= 11 is 0. The minimum atomic E-state index is -0.178. The van der Waals surface area contributed by atoms with Crippen LogP contribution >= 0.6 is 24.0 Å². The van der Waals surface area contributed by atoms with Gasteiger partial charge < -0.3 is 0 Å². The van der Waals surface area contributed by atoms with Crippen molar-refractivity contribution >= 4 is 35.8 Å². The second kappa shape index (κ2) is 4.08. The van der Waals surface area contributed by atoms with Crippen molar-refractivity contribution in [2.45, 2.75) is 6.92 Å². The molecule has 2 amide bonds. The lowest BCUT2D eigenvalue weighted by molar-refractivity contribution is 0.0663. The molecule has 0 fully saturated rings. The van der Waals surface area contributed by atoms with Crippen molar-refractivity contribution in [3.05, 3.63) is 35.4 Å². The highest BCUT2D eigenvalue weighted by Crippen LogP contribution is 2.21. The Balaban J connectivity index is 0.000000980. The van der Waals surface area contributed by atoms with Crippen molar-refractivity contribution in [1.82, 2.24) is 4.90 Å². The summed E-state index contributed by atoms with van der Waals surface area (Å²) in [7, 11) is 0. The molecule has 1 aliphatic rings. The maximum atomic E-state index is 11.5. The number of hydrogen-bond acceptors (Lipinski definition) is 2. The Labute approximate surface area is 99.1 Å². The number of rotatable bonds is 1. The zero-order chi connectivity index (χ0) is 9.42. The molecule has 1 aromatic rings. The summed E-state index contributed by atoms with van der Waals surface area (Å²) < 4.78 is 0. The maximum Gasteiger partial charge on any atom is 0.261 e. The van der Waals surface area contributed by atoms with Gasteiger partial charge in [-0.2, -0.15) is 0 Å². The monoisotopic (exact) mass is 303 g/mol. The highest BCUT2D eigenvalue weighted by molar-refractivity contribution is 14.0. The quantitative estimate of drug-likeness (QED) is 0.587. The number of benzene rings is 1. The summed E-state index contributed by atoms with van der Waals surface area (Å²) in [6.07, 6.45) is 0. The lowest BCUT2D eigenvalue weighted by Gasteiger charge is -2.08. The Morgan fingerprint density at radius 3 is 1.86 bits per heavy atom. The van der Waals surface area contributed by atoms with Gasteiger partial charge >= 0.3 is 0 Å². The zero-order valence-corrected chi connectivity index (χ0v) is 10.0. The van der Waals surface area contributed by atoms with Crippen LogP contribution in [0.4, 0.5) is 0 Å². The average molecular weight is 303 g/mol. The molecule has 0 saturated heterocycles. The van der Waals surface area contributed by atoms with Crippen molar-refractivity contribution < 1.29 is 9.59 Å². The van der Waals surface area contributed by atoms with Crippen LogP contribution in [0, 0.1) is 0 Å². The van der Waals surface area contributed by atoms with Crippen LogP contribution in [0.1, 0.15) is 27.6 Å². The first-order valence-corrected chi connectivity index (χ1v) is 4.21. The van der Waals surface area contributed by atoms with E-state index in [2.05, 4.69) is 0 Å². The Kier molecular flexibility index (Phi) is 3.25. The van der Waals surface area contributed by atoms with Crippen LogP contribution in [0.25, 0.3) is 0 Å². The highest BCUT2D eigenvalue weighted by atomic mass is 127. The molecule has 3 nitrogen and oxygen atoms in total. The molecular formula is C10H10INO2. The van der Waals surface area contributed by atoms with Crippen LogP contribution in [-0.2, 0) is 0 Å². The van der Waals surface area contributed by atoms with Crippen LogP contribution in [0.5, 0.6) is 0 Å². The number of carbonyl (C=O) groups is 2. The van der Waals surface area contributed by atoms with Gasteiger partial charge in [0.2, 0.25) is 0 Å². The average Bonchev–Trinajstić information content (AvgIpc) is 2.41. The number of halogens is 1. The van der Waals surface area contributed by atoms with Crippen LogP contribution in [0.3, 0.4) is 0 Å². The fraction of sp³-hybridized carbons (Fsp3) is 0.200. The number of fused-ring (bicyclic) bond motifs is 1. The minimum absolute atomic E-state index is 0. The third-order valence-electron chi connectivity index (χ3n) is 2.19. The van der Waals surface area contributed by atoms with Gasteiger partial charge in [-0.3, -0.25) is 14.5 Å². The molecule has 0 bridgehead atoms. The predicted octanol–water partition coefficient (Wildman–Crippen LogP) is 1.92. The summed E-state index contributed by atoms with van der Waals surface area (Å²) in [5.41, 5.74) is 1.05. The van der Waals surface area contributed by atoms with Gasteiger partial charge in [0.25, 0.3) is 11.8 Å². The van der Waals surface area contributed by atoms with E-state index in [4.69, 9.17) is 0 Å². The van der Waals surface area contributed by atoms with E-state index >= 15 is 0 Å². The molecule has 1 heterocycles. The summed E-state index contributed by atoms with van der Waals surface area (Å²) in [5.74, 6) is -0.355. The van der Waals surface area contributed by atoms with Gasteiger partial charge in [0.1, 0.15) is 0 Å². The molecule has 0 aliphatic carbocycles. The van der Waals surface area contributed by atoms with E-state index in [0.29, 0.717) is 17.7 Å². The van der Waals surface area contributed by atoms with Crippen LogP contribution < -0.4 is 0 Å². The number of imide groups is 1. The third kappa shape index (κ3) is 1.43. The van der Waals surface area contributed by atoms with Gasteiger partial charge in [0, 0.05) is 6.54 Å². The van der Waals surface area contributed by atoms with Gasteiger partial charge in [-0.1, -0.05) is 12.1 Å². The molecule has 0 atom stereocenters. The van der Waals surface area contributed by atoms with Crippen molar-refractivity contribution in [2.24, 2.45) is 0 Å². The smallest absolute Gasteiger partial charge is 0.261 e. The number of carbonyl (C=O) groups excluding carboxylic acids is 2. The van der Waals surface area contributed by atoms with E-state index in [1.165, 1.54) is 4.90 Å². The molecule has 0 aromatic heterocycles. The second-order valence-corrected chi connectivity index (χ2v) is 2.90. The first kappa shape index (κ1) is 11.2. The van der Waals surface area contributed by atoms with E-state index in [9.17, 15) is 9.59 Å². The summed E-state index contributed by atoms with van der Waals surface area (Å²) in [5, 5.41) is 0. The Bertz CT molecular complexity index is 354. The summed E-state index contributed by atoms with van der Waals surface area (Å²) in [6.45, 7) is 2.23. The van der Waals surface area contributed by atoms with Crippen LogP contribution in [0.2, 0.25) is 0 Å². The standard InChI is InChI=1S/C10H9NO2.HI/c1-2-11-9(12)7-5-3-4-6-8(7)10(11)13;/h3-6H,2H2,1H3;1H. The number of hydrogen-bond donors (Lipinski definition) is 0. The van der Waals surface area contributed by atoms with E-state index < -0.39 is 0 Å². The minimum Gasteiger partial charge on any atom is -0.275 e. The molecular weight excluding hydrogens is 293 g/mol. The Hall–Kier alpha value is -0.910. The fourth-order valence-electron chi connectivity index (χ4n) is 1.53. The van der Waals surface area contributed by atoms with E-state index in [1.54, 1.807) is 31.2 Å². The van der Waals surface area contributed by atoms with Crippen LogP contribution in [-0.4, -0.2) is 23.3 Å². The number of nitrogens with zero attached hydrogens (tertiary/aromatic N) is 1. The zero-order valence-electron chi connectivity index (χ0n) is 7.69. The maximum absolute atomic E-state index is 11.5. The lowest BCUT2D eigenvalue weighted by Crippen LogP contribution is -2.29. The van der Waals surface area contributed by atoms with Gasteiger partial charge in [0.05, 0.1) is 11.1 Å². The van der Waals surface area contributed by atoms with E-state index in [0.717, 1.165) is 0 Å². The molecule has 0 spiro atoms. The second-order valence-electron chi connectivity index (χ2n) is 2.90. The molecule has 74 valence electrons. The van der Waals surface area contributed by atoms with Gasteiger partial charge in [0.15, 0.2) is 0 Å². The lowest BCUT2D eigenvalue weighted by atomic mass is 10.1. The van der Waals surface area contributed by atoms with Crippen molar-refractivity contribution in [3.8, 4) is 0 Å². The molecule has 0 N–H and O–H groups in total. The molecule has 0 radical (unpaired) electrons. The first-order chi connectivity index (χ1) is 6.25. The normalized spacial score (nSPS) is 13.9. The molecule has 4 heteroatoms. The van der Waals surface area contributed by atoms with E-state index in [1.807, 2.05) is 0 Å². The van der Waals surface area contributed by atoms with Gasteiger partial charge in [-0.15, -0.1) is 24.0 Å². The molecule has 14 heavy (non-hydrogen) atoms. The fourth-order valence-corrected chi connectivity index (χ4v) is 1.53. The molecule has 0 unspecified atom stereocenters. The molecule has 1 aromatic carbocycles. The van der Waals surface area contributed by atoms with E-state index in [-0.39, 0.29) is 35.8 Å². The highest BCUT2D eigenvalue weighted by Gasteiger charge is 2.33.